The number of nitrogens with zero attached hydrogens (tertiary/aromatic N) is 1. The summed E-state index contributed by atoms with van der Waals surface area (Å²) in [7, 11) is 0. The van der Waals surface area contributed by atoms with Gasteiger partial charge in [0, 0.05) is 6.42 Å². The lowest BCUT2D eigenvalue weighted by atomic mass is 9.73. The summed E-state index contributed by atoms with van der Waals surface area (Å²) in [6, 6.07) is 9.22. The number of alkyl halides is 3. The fourth-order valence-corrected chi connectivity index (χ4v) is 3.28. The Balaban J connectivity index is 2.04. The Hall–Kier alpha value is -2.12. The number of hydrogen-bond donors (Lipinski definition) is 1. The quantitative estimate of drug-likeness (QED) is 0.906. The third-order valence-corrected chi connectivity index (χ3v) is 4.49. The first-order valence-corrected chi connectivity index (χ1v) is 7.86. The van der Waals surface area contributed by atoms with E-state index in [1.165, 1.54) is 6.08 Å². The lowest BCUT2D eigenvalue weighted by Crippen LogP contribution is -2.59. The van der Waals surface area contributed by atoms with Crippen molar-refractivity contribution in [3.8, 4) is 0 Å². The molecule has 0 amide bonds. The van der Waals surface area contributed by atoms with Crippen molar-refractivity contribution in [3.63, 3.8) is 0 Å². The van der Waals surface area contributed by atoms with Gasteiger partial charge in [0.15, 0.2) is 0 Å². The highest BCUT2D eigenvalue weighted by Crippen LogP contribution is 2.46. The summed E-state index contributed by atoms with van der Waals surface area (Å²) in [4.78, 5) is 4.29. The largest absolute Gasteiger partial charge is 0.523 e. The Bertz CT molecular complexity index is 728. The van der Waals surface area contributed by atoms with E-state index in [1.807, 2.05) is 30.3 Å². The summed E-state index contributed by atoms with van der Waals surface area (Å²) in [6.07, 6.45) is -0.0627. The first kappa shape index (κ1) is 17.7. The van der Waals surface area contributed by atoms with Gasteiger partial charge in [0.2, 0.25) is 0 Å². The van der Waals surface area contributed by atoms with Crippen LogP contribution in [0.2, 0.25) is 0 Å². The van der Waals surface area contributed by atoms with Gasteiger partial charge >= 0.3 is 6.36 Å². The number of rotatable bonds is 3. The molecule has 25 heavy (non-hydrogen) atoms. The van der Waals surface area contributed by atoms with Gasteiger partial charge in [0.1, 0.15) is 23.6 Å². The van der Waals surface area contributed by atoms with E-state index in [9.17, 15) is 13.2 Å². The average molecular weight is 352 g/mol. The van der Waals surface area contributed by atoms with Gasteiger partial charge in [-0.3, -0.25) is 9.73 Å². The molecule has 7 heteroatoms. The molecule has 0 saturated carbocycles. The highest BCUT2D eigenvalue weighted by atomic mass is 19.4. The number of nitrogens with two attached hydrogens (primary N) is 1. The van der Waals surface area contributed by atoms with Crippen LogP contribution in [-0.2, 0) is 9.47 Å². The Morgan fingerprint density at radius 3 is 2.60 bits per heavy atom. The van der Waals surface area contributed by atoms with Gasteiger partial charge in [-0.15, -0.1) is 13.2 Å². The topological polar surface area (TPSA) is 56.8 Å². The summed E-state index contributed by atoms with van der Waals surface area (Å²) in [5.41, 5.74) is 4.26. The van der Waals surface area contributed by atoms with Crippen LogP contribution in [0.3, 0.4) is 0 Å². The summed E-state index contributed by atoms with van der Waals surface area (Å²) in [5.74, 6) is 0.156. The summed E-state index contributed by atoms with van der Waals surface area (Å²) in [5, 5.41) is 0. The monoisotopic (exact) mass is 352 g/mol. The molecule has 1 heterocycles. The SMILES string of the molecule is CC1(C2(OC(F)(F)F)C=CC=C(c3ccccc3)C2)COCC(N)=N1. The van der Waals surface area contributed by atoms with Crippen LogP contribution in [0.1, 0.15) is 18.9 Å². The van der Waals surface area contributed by atoms with Crippen molar-refractivity contribution in [1.29, 1.82) is 0 Å². The van der Waals surface area contributed by atoms with Gasteiger partial charge in [-0.25, -0.2) is 0 Å². The predicted octanol–water partition coefficient (Wildman–Crippen LogP) is 3.45. The molecule has 0 saturated heterocycles. The zero-order valence-electron chi connectivity index (χ0n) is 13.7. The van der Waals surface area contributed by atoms with Crippen molar-refractivity contribution in [2.24, 2.45) is 10.7 Å². The molecule has 0 aromatic heterocycles. The van der Waals surface area contributed by atoms with Crippen molar-refractivity contribution in [2.75, 3.05) is 13.2 Å². The maximum Gasteiger partial charge on any atom is 0.523 e. The molecule has 0 radical (unpaired) electrons. The number of allylic oxidation sites excluding steroid dienone is 2. The molecule has 0 fully saturated rings. The molecule has 0 spiro atoms. The minimum absolute atomic E-state index is 0.00363. The second-order valence-electron chi connectivity index (χ2n) is 6.40. The average Bonchev–Trinajstić information content (AvgIpc) is 2.54. The Labute approximate surface area is 143 Å². The zero-order valence-corrected chi connectivity index (χ0v) is 13.7. The molecule has 1 aliphatic carbocycles. The number of hydrogen-bond acceptors (Lipinski definition) is 4. The van der Waals surface area contributed by atoms with E-state index in [0.29, 0.717) is 0 Å². The molecular weight excluding hydrogens is 333 g/mol. The molecular formula is C18H19F3N2O2. The molecule has 2 atom stereocenters. The van der Waals surface area contributed by atoms with E-state index >= 15 is 0 Å². The Morgan fingerprint density at radius 1 is 1.24 bits per heavy atom. The second-order valence-corrected chi connectivity index (χ2v) is 6.40. The van der Waals surface area contributed by atoms with Gasteiger partial charge in [-0.2, -0.15) is 0 Å². The number of ether oxygens (including phenoxy) is 2. The summed E-state index contributed by atoms with van der Waals surface area (Å²) < 4.78 is 49.7. The van der Waals surface area contributed by atoms with Crippen LogP contribution in [0.5, 0.6) is 0 Å². The fraction of sp³-hybridized carbons (Fsp3) is 0.389. The van der Waals surface area contributed by atoms with Gasteiger partial charge in [0.05, 0.1) is 6.61 Å². The lowest BCUT2D eigenvalue weighted by Gasteiger charge is -2.47. The Morgan fingerprint density at radius 2 is 1.96 bits per heavy atom. The van der Waals surface area contributed by atoms with Crippen molar-refractivity contribution in [1.82, 2.24) is 0 Å². The summed E-state index contributed by atoms with van der Waals surface area (Å²) in [6.45, 7) is 1.65. The minimum Gasteiger partial charge on any atom is -0.386 e. The molecule has 4 nitrogen and oxygen atoms in total. The molecule has 1 aromatic rings. The predicted molar refractivity (Wildman–Crippen MR) is 88.9 cm³/mol. The molecule has 2 unspecified atom stereocenters. The van der Waals surface area contributed by atoms with E-state index in [1.54, 1.807) is 19.1 Å². The molecule has 134 valence electrons. The third kappa shape index (κ3) is 3.62. The van der Waals surface area contributed by atoms with E-state index in [2.05, 4.69) is 9.73 Å². The minimum atomic E-state index is -4.83. The molecule has 1 aliphatic heterocycles. The Kier molecular flexibility index (Phi) is 4.47. The van der Waals surface area contributed by atoms with E-state index in [0.717, 1.165) is 11.1 Å². The van der Waals surface area contributed by atoms with E-state index < -0.39 is 17.5 Å². The molecule has 2 N–H and O–H groups in total. The number of aliphatic imine (C=N–C) groups is 1. The highest BCUT2D eigenvalue weighted by molar-refractivity contribution is 5.83. The first-order valence-electron chi connectivity index (χ1n) is 7.86. The number of halogens is 3. The summed E-state index contributed by atoms with van der Waals surface area (Å²) >= 11 is 0. The van der Waals surface area contributed by atoms with Crippen LogP contribution in [0.25, 0.3) is 5.57 Å². The second kappa shape index (κ2) is 6.31. The normalized spacial score (nSPS) is 29.9. The highest BCUT2D eigenvalue weighted by Gasteiger charge is 2.56. The molecule has 0 bridgehead atoms. The zero-order chi connectivity index (χ0) is 18.1. The first-order chi connectivity index (χ1) is 11.7. The standard InChI is InChI=1S/C18H19F3N2O2/c1-16(12-24-11-15(22)23-16)17(25-18(19,20)21)9-5-8-14(10-17)13-6-3-2-4-7-13/h2-9H,10-12H2,1H3,(H2,22,23). The van der Waals surface area contributed by atoms with Crippen molar-refractivity contribution >= 4 is 11.4 Å². The van der Waals surface area contributed by atoms with Crippen molar-refractivity contribution in [3.05, 3.63) is 54.1 Å². The lowest BCUT2D eigenvalue weighted by molar-refractivity contribution is -0.367. The van der Waals surface area contributed by atoms with Crippen molar-refractivity contribution in [2.45, 2.75) is 30.8 Å². The van der Waals surface area contributed by atoms with Crippen LogP contribution in [0, 0.1) is 0 Å². The van der Waals surface area contributed by atoms with Crippen LogP contribution in [-0.4, -0.2) is 36.6 Å². The van der Waals surface area contributed by atoms with Gasteiger partial charge in [-0.1, -0.05) is 42.5 Å². The number of amidine groups is 1. The maximum atomic E-state index is 13.2. The molecule has 3 rings (SSSR count). The van der Waals surface area contributed by atoms with E-state index in [4.69, 9.17) is 10.5 Å². The molecule has 1 aromatic carbocycles. The smallest absolute Gasteiger partial charge is 0.386 e. The van der Waals surface area contributed by atoms with Gasteiger partial charge < -0.3 is 10.5 Å². The van der Waals surface area contributed by atoms with Crippen LogP contribution in [0.4, 0.5) is 13.2 Å². The van der Waals surface area contributed by atoms with Crippen LogP contribution in [0.15, 0.2) is 53.6 Å². The van der Waals surface area contributed by atoms with Crippen LogP contribution < -0.4 is 5.73 Å². The fourth-order valence-electron chi connectivity index (χ4n) is 3.28. The number of benzene rings is 1. The van der Waals surface area contributed by atoms with E-state index in [-0.39, 0.29) is 25.5 Å². The van der Waals surface area contributed by atoms with Gasteiger partial charge in [0.25, 0.3) is 0 Å². The van der Waals surface area contributed by atoms with Gasteiger partial charge in [-0.05, 0) is 24.1 Å². The van der Waals surface area contributed by atoms with Crippen LogP contribution >= 0.6 is 0 Å². The maximum absolute atomic E-state index is 13.2. The molecule has 2 aliphatic rings. The third-order valence-electron chi connectivity index (χ3n) is 4.49. The van der Waals surface area contributed by atoms with Crippen molar-refractivity contribution < 1.29 is 22.6 Å².